The third-order valence-electron chi connectivity index (χ3n) is 2.32. The van der Waals surface area contributed by atoms with E-state index < -0.39 is 0 Å². The molecule has 0 saturated carbocycles. The molecule has 0 aliphatic carbocycles. The molecule has 1 aromatic carbocycles. The van der Waals surface area contributed by atoms with Crippen LogP contribution in [0.3, 0.4) is 0 Å². The first-order valence-electron chi connectivity index (χ1n) is 4.89. The molecule has 0 unspecified atom stereocenters. The third kappa shape index (κ3) is 2.02. The highest BCUT2D eigenvalue weighted by atomic mass is 16.4. The third-order valence-corrected chi connectivity index (χ3v) is 2.32. The molecule has 0 aliphatic heterocycles. The molecule has 0 bridgehead atoms. The number of rotatable bonds is 3. The van der Waals surface area contributed by atoms with E-state index in [-0.39, 0.29) is 0 Å². The quantitative estimate of drug-likeness (QED) is 0.831. The molecule has 0 aliphatic rings. The first-order chi connectivity index (χ1) is 7.31. The normalized spacial score (nSPS) is 10.3. The molecule has 0 fully saturated rings. The van der Waals surface area contributed by atoms with Crippen LogP contribution in [0.25, 0.3) is 0 Å². The number of anilines is 2. The number of furan rings is 1. The maximum Gasteiger partial charge on any atom is 0.199 e. The second-order valence-corrected chi connectivity index (χ2v) is 3.34. The Balaban J connectivity index is 2.24. The summed E-state index contributed by atoms with van der Waals surface area (Å²) in [5.74, 6) is 1.61. The molecule has 3 nitrogen and oxygen atoms in total. The minimum atomic E-state index is 0.433. The Morgan fingerprint density at radius 2 is 1.87 bits per heavy atom. The van der Waals surface area contributed by atoms with Crippen LogP contribution in [0.15, 0.2) is 46.9 Å². The molecule has 0 saturated heterocycles. The van der Waals surface area contributed by atoms with Crippen molar-refractivity contribution in [3.05, 3.63) is 48.2 Å². The smallest absolute Gasteiger partial charge is 0.199 e. The maximum atomic E-state index is 5.55. The van der Waals surface area contributed by atoms with Crippen LogP contribution in [0.2, 0.25) is 0 Å². The SMILES string of the molecule is CN(c1ccccc1)c1ccc(CN)o1. The Hall–Kier alpha value is -1.74. The molecular formula is C12H14N2O. The molecular weight excluding hydrogens is 188 g/mol. The second-order valence-electron chi connectivity index (χ2n) is 3.34. The van der Waals surface area contributed by atoms with Gasteiger partial charge in [-0.25, -0.2) is 0 Å². The molecule has 78 valence electrons. The fourth-order valence-corrected chi connectivity index (χ4v) is 1.44. The van der Waals surface area contributed by atoms with Gasteiger partial charge in [-0.05, 0) is 18.2 Å². The molecule has 0 amide bonds. The summed E-state index contributed by atoms with van der Waals surface area (Å²) < 4.78 is 5.55. The fourth-order valence-electron chi connectivity index (χ4n) is 1.44. The van der Waals surface area contributed by atoms with Crippen LogP contribution in [0.4, 0.5) is 11.6 Å². The van der Waals surface area contributed by atoms with E-state index in [1.165, 1.54) is 0 Å². The van der Waals surface area contributed by atoms with Crippen molar-refractivity contribution in [2.24, 2.45) is 5.73 Å². The van der Waals surface area contributed by atoms with Crippen molar-refractivity contribution in [1.29, 1.82) is 0 Å². The number of hydrogen-bond donors (Lipinski definition) is 1. The minimum absolute atomic E-state index is 0.433. The van der Waals surface area contributed by atoms with Crippen molar-refractivity contribution in [3.63, 3.8) is 0 Å². The van der Waals surface area contributed by atoms with Crippen LogP contribution < -0.4 is 10.6 Å². The van der Waals surface area contributed by atoms with E-state index in [0.29, 0.717) is 6.54 Å². The zero-order chi connectivity index (χ0) is 10.7. The molecule has 2 N–H and O–H groups in total. The number of nitrogens with two attached hydrogens (primary N) is 1. The molecule has 15 heavy (non-hydrogen) atoms. The molecule has 1 aromatic heterocycles. The molecule has 0 spiro atoms. The summed E-state index contributed by atoms with van der Waals surface area (Å²) in [5, 5.41) is 0. The van der Waals surface area contributed by atoms with E-state index in [2.05, 4.69) is 0 Å². The van der Waals surface area contributed by atoms with Crippen molar-refractivity contribution in [1.82, 2.24) is 0 Å². The van der Waals surface area contributed by atoms with Crippen LogP contribution in [0, 0.1) is 0 Å². The van der Waals surface area contributed by atoms with Gasteiger partial charge in [-0.2, -0.15) is 0 Å². The first kappa shape index (κ1) is 9.80. The maximum absolute atomic E-state index is 5.55. The van der Waals surface area contributed by atoms with Gasteiger partial charge in [0.15, 0.2) is 5.88 Å². The molecule has 3 heteroatoms. The van der Waals surface area contributed by atoms with Crippen molar-refractivity contribution >= 4 is 11.6 Å². The lowest BCUT2D eigenvalue weighted by Crippen LogP contribution is -2.07. The van der Waals surface area contributed by atoms with Crippen molar-refractivity contribution in [2.45, 2.75) is 6.54 Å². The van der Waals surface area contributed by atoms with Gasteiger partial charge in [-0.1, -0.05) is 18.2 Å². The summed E-state index contributed by atoms with van der Waals surface area (Å²) in [5.41, 5.74) is 6.58. The lowest BCUT2D eigenvalue weighted by Gasteiger charge is -2.15. The molecule has 0 atom stereocenters. The fraction of sp³-hybridized carbons (Fsp3) is 0.167. The van der Waals surface area contributed by atoms with Gasteiger partial charge in [0.2, 0.25) is 0 Å². The van der Waals surface area contributed by atoms with E-state index in [1.807, 2.05) is 54.4 Å². The van der Waals surface area contributed by atoms with E-state index in [4.69, 9.17) is 10.2 Å². The van der Waals surface area contributed by atoms with E-state index >= 15 is 0 Å². The summed E-state index contributed by atoms with van der Waals surface area (Å²) >= 11 is 0. The Kier molecular flexibility index (Phi) is 2.74. The van der Waals surface area contributed by atoms with Crippen LogP contribution in [0.1, 0.15) is 5.76 Å². The van der Waals surface area contributed by atoms with Gasteiger partial charge in [-0.3, -0.25) is 0 Å². The largest absolute Gasteiger partial charge is 0.444 e. The van der Waals surface area contributed by atoms with Crippen molar-refractivity contribution in [3.8, 4) is 0 Å². The van der Waals surface area contributed by atoms with Gasteiger partial charge in [0, 0.05) is 18.8 Å². The zero-order valence-corrected chi connectivity index (χ0v) is 8.68. The van der Waals surface area contributed by atoms with Crippen molar-refractivity contribution < 1.29 is 4.42 Å². The predicted octanol–water partition coefficient (Wildman–Crippen LogP) is 2.51. The molecule has 2 aromatic rings. The Labute approximate surface area is 89.1 Å². The van der Waals surface area contributed by atoms with Gasteiger partial charge < -0.3 is 15.1 Å². The summed E-state index contributed by atoms with van der Waals surface area (Å²) in [7, 11) is 1.97. The summed E-state index contributed by atoms with van der Waals surface area (Å²) in [6, 6.07) is 13.9. The summed E-state index contributed by atoms with van der Waals surface area (Å²) in [6.45, 7) is 0.433. The highest BCUT2D eigenvalue weighted by molar-refractivity contribution is 5.57. The van der Waals surface area contributed by atoms with Gasteiger partial charge in [-0.15, -0.1) is 0 Å². The van der Waals surface area contributed by atoms with Gasteiger partial charge >= 0.3 is 0 Å². The molecule has 1 heterocycles. The number of benzene rings is 1. The summed E-state index contributed by atoms with van der Waals surface area (Å²) in [6.07, 6.45) is 0. The van der Waals surface area contributed by atoms with E-state index in [0.717, 1.165) is 17.3 Å². The lowest BCUT2D eigenvalue weighted by atomic mass is 10.3. The van der Waals surface area contributed by atoms with Gasteiger partial charge in [0.25, 0.3) is 0 Å². The molecule has 2 rings (SSSR count). The first-order valence-corrected chi connectivity index (χ1v) is 4.89. The predicted molar refractivity (Wildman–Crippen MR) is 61.1 cm³/mol. The van der Waals surface area contributed by atoms with Gasteiger partial charge in [0.1, 0.15) is 5.76 Å². The van der Waals surface area contributed by atoms with Crippen LogP contribution in [0.5, 0.6) is 0 Å². The number of hydrogen-bond acceptors (Lipinski definition) is 3. The number of para-hydroxylation sites is 1. The van der Waals surface area contributed by atoms with Crippen LogP contribution in [-0.2, 0) is 6.54 Å². The monoisotopic (exact) mass is 202 g/mol. The van der Waals surface area contributed by atoms with E-state index in [1.54, 1.807) is 0 Å². The van der Waals surface area contributed by atoms with Crippen molar-refractivity contribution in [2.75, 3.05) is 11.9 Å². The minimum Gasteiger partial charge on any atom is -0.444 e. The average Bonchev–Trinajstić information content (AvgIpc) is 2.78. The highest BCUT2D eigenvalue weighted by Gasteiger charge is 2.07. The van der Waals surface area contributed by atoms with E-state index in [9.17, 15) is 0 Å². The molecule has 0 radical (unpaired) electrons. The zero-order valence-electron chi connectivity index (χ0n) is 8.68. The second kappa shape index (κ2) is 4.19. The summed E-state index contributed by atoms with van der Waals surface area (Å²) in [4.78, 5) is 1.99. The van der Waals surface area contributed by atoms with Gasteiger partial charge in [0.05, 0.1) is 6.54 Å². The van der Waals surface area contributed by atoms with Crippen LogP contribution in [-0.4, -0.2) is 7.05 Å². The lowest BCUT2D eigenvalue weighted by molar-refractivity contribution is 0.516. The number of nitrogens with zero attached hydrogens (tertiary/aromatic N) is 1. The highest BCUT2D eigenvalue weighted by Crippen LogP contribution is 2.24. The average molecular weight is 202 g/mol. The standard InChI is InChI=1S/C12H14N2O/c1-14(10-5-3-2-4-6-10)12-8-7-11(9-13)15-12/h2-8H,9,13H2,1H3. The Bertz CT molecular complexity index is 422. The Morgan fingerprint density at radius 3 is 2.47 bits per heavy atom. The topological polar surface area (TPSA) is 42.4 Å². The van der Waals surface area contributed by atoms with Crippen LogP contribution >= 0.6 is 0 Å². The Morgan fingerprint density at radius 1 is 1.13 bits per heavy atom.